The Morgan fingerprint density at radius 3 is 2.82 bits per heavy atom. The van der Waals surface area contributed by atoms with Crippen LogP contribution in [0.4, 0.5) is 0 Å². The fourth-order valence-electron chi connectivity index (χ4n) is 1.02. The smallest absolute Gasteiger partial charge is 0.362 e. The zero-order chi connectivity index (χ0) is 12.8. The minimum atomic E-state index is -0.916. The second kappa shape index (κ2) is 6.42. The molecule has 94 valence electrons. The van der Waals surface area contributed by atoms with Crippen LogP contribution in [-0.4, -0.2) is 45.5 Å². The molecule has 1 fully saturated rings. The quantitative estimate of drug-likeness (QED) is 0.316. The summed E-state index contributed by atoms with van der Waals surface area (Å²) in [6, 6.07) is 0. The summed E-state index contributed by atoms with van der Waals surface area (Å²) in [5.41, 5.74) is 0. The molecule has 1 heterocycles. The van der Waals surface area contributed by atoms with E-state index in [1.165, 1.54) is 0 Å². The molecule has 0 aliphatic carbocycles. The average Bonchev–Trinajstić information content (AvgIpc) is 2.71. The first kappa shape index (κ1) is 13.7. The van der Waals surface area contributed by atoms with Gasteiger partial charge in [-0.2, -0.15) is 0 Å². The number of hydrogen-bond donors (Lipinski definition) is 1. The van der Waals surface area contributed by atoms with Crippen LogP contribution in [0.15, 0.2) is 0 Å². The monoisotopic (exact) mass is 355 g/mol. The van der Waals surface area contributed by atoms with Crippen LogP contribution in [0.2, 0.25) is 0 Å². The van der Waals surface area contributed by atoms with Gasteiger partial charge in [0, 0.05) is 6.42 Å². The molecule has 7 nitrogen and oxygen atoms in total. The maximum atomic E-state index is 11.2. The molecule has 8 heteroatoms. The maximum Gasteiger partial charge on any atom is 0.362 e. The molecule has 0 aromatic heterocycles. The Morgan fingerprint density at radius 2 is 2.29 bits per heavy atom. The SMILES string of the molecule is C=IC(=N)C(=O)OCC(=O)OC1CCOC1=O. The normalized spacial score (nSPS) is 18.4. The Kier molecular flexibility index (Phi) is 5.19. The van der Waals surface area contributed by atoms with E-state index in [-0.39, 0.29) is 10.3 Å². The number of esters is 3. The molecule has 0 spiro atoms. The van der Waals surface area contributed by atoms with Crippen molar-refractivity contribution in [2.75, 3.05) is 13.2 Å². The predicted molar refractivity (Wildman–Crippen MR) is 65.3 cm³/mol. The zero-order valence-corrected chi connectivity index (χ0v) is 10.9. The minimum Gasteiger partial charge on any atom is -0.463 e. The van der Waals surface area contributed by atoms with Crippen molar-refractivity contribution in [1.82, 2.24) is 0 Å². The third-order valence-electron chi connectivity index (χ3n) is 1.79. The van der Waals surface area contributed by atoms with Crippen LogP contribution in [0.3, 0.4) is 0 Å². The lowest BCUT2D eigenvalue weighted by molar-refractivity contribution is -0.165. The Labute approximate surface area is 107 Å². The average molecular weight is 355 g/mol. The first-order valence-electron chi connectivity index (χ1n) is 4.54. The van der Waals surface area contributed by atoms with Crippen molar-refractivity contribution in [3.8, 4) is 0 Å². The number of cyclic esters (lactones) is 1. The molecule has 17 heavy (non-hydrogen) atoms. The van der Waals surface area contributed by atoms with Gasteiger partial charge in [0.05, 0.1) is 6.61 Å². The van der Waals surface area contributed by atoms with Gasteiger partial charge >= 0.3 is 17.9 Å². The van der Waals surface area contributed by atoms with Crippen LogP contribution in [0.5, 0.6) is 0 Å². The Bertz CT molecular complexity index is 380. The minimum absolute atomic E-state index is 0.215. The molecular weight excluding hydrogens is 345 g/mol. The molecule has 0 amide bonds. The predicted octanol–water partition coefficient (Wildman–Crippen LogP) is -0.232. The van der Waals surface area contributed by atoms with E-state index >= 15 is 0 Å². The number of carbonyl (C=O) groups is 3. The van der Waals surface area contributed by atoms with E-state index in [4.69, 9.17) is 10.1 Å². The van der Waals surface area contributed by atoms with Gasteiger partial charge in [-0.15, -0.1) is 0 Å². The van der Waals surface area contributed by atoms with Crippen LogP contribution < -0.4 is 0 Å². The number of nitrogens with one attached hydrogen (secondary N) is 1. The van der Waals surface area contributed by atoms with Gasteiger partial charge in [-0.1, -0.05) is 25.2 Å². The highest BCUT2D eigenvalue weighted by atomic mass is 127. The first-order chi connectivity index (χ1) is 8.04. The number of halogens is 1. The molecule has 1 aliphatic heterocycles. The van der Waals surface area contributed by atoms with Gasteiger partial charge in [-0.3, -0.25) is 5.41 Å². The summed E-state index contributed by atoms with van der Waals surface area (Å²) >= 11 is -0.916. The summed E-state index contributed by atoms with van der Waals surface area (Å²) in [6.07, 6.45) is -0.612. The molecule has 0 aromatic carbocycles. The largest absolute Gasteiger partial charge is 0.463 e. The Morgan fingerprint density at radius 1 is 1.59 bits per heavy atom. The van der Waals surface area contributed by atoms with E-state index in [2.05, 4.69) is 14.0 Å². The van der Waals surface area contributed by atoms with Gasteiger partial charge in [0.2, 0.25) is 6.10 Å². The molecule has 1 rings (SSSR count). The Balaban J connectivity index is 2.30. The lowest BCUT2D eigenvalue weighted by Gasteiger charge is -2.08. The lowest BCUT2D eigenvalue weighted by atomic mass is 10.3. The van der Waals surface area contributed by atoms with Crippen molar-refractivity contribution in [3.05, 3.63) is 0 Å². The fraction of sp³-hybridized carbons (Fsp3) is 0.444. The van der Waals surface area contributed by atoms with Crippen LogP contribution >= 0.6 is 20.7 Å². The zero-order valence-electron chi connectivity index (χ0n) is 8.73. The molecule has 0 radical (unpaired) electrons. The second-order valence-electron chi connectivity index (χ2n) is 2.96. The summed E-state index contributed by atoms with van der Waals surface area (Å²) < 4.78 is 17.0. The number of ether oxygens (including phenoxy) is 3. The number of hydrogen-bond acceptors (Lipinski definition) is 7. The fourth-order valence-corrected chi connectivity index (χ4v) is 1.49. The third-order valence-corrected chi connectivity index (χ3v) is 3.00. The molecule has 1 saturated heterocycles. The molecule has 0 saturated carbocycles. The van der Waals surface area contributed by atoms with E-state index < -0.39 is 51.3 Å². The molecule has 0 aromatic rings. The first-order valence-corrected chi connectivity index (χ1v) is 7.15. The highest BCUT2D eigenvalue weighted by molar-refractivity contribution is 14.2. The summed E-state index contributed by atoms with van der Waals surface area (Å²) in [4.78, 5) is 33.2. The highest BCUT2D eigenvalue weighted by Crippen LogP contribution is 2.10. The van der Waals surface area contributed by atoms with Crippen molar-refractivity contribution in [2.24, 2.45) is 0 Å². The van der Waals surface area contributed by atoms with Crippen molar-refractivity contribution in [3.63, 3.8) is 0 Å². The summed E-state index contributed by atoms with van der Waals surface area (Å²) in [6.45, 7) is -0.401. The standard InChI is InChI=1S/C9H10INO6/c1-10-7(11)9(14)16-4-6(12)17-5-2-3-15-8(5)13/h5,11H,1-4H2. The molecule has 1 N–H and O–H groups in total. The molecule has 1 atom stereocenters. The number of carbonyl (C=O) groups excluding carboxylic acids is 3. The van der Waals surface area contributed by atoms with E-state index in [1.54, 1.807) is 0 Å². The van der Waals surface area contributed by atoms with E-state index in [0.717, 1.165) is 0 Å². The van der Waals surface area contributed by atoms with Gasteiger partial charge in [0.1, 0.15) is 0 Å². The topological polar surface area (TPSA) is 103 Å². The molecule has 1 unspecified atom stereocenters. The van der Waals surface area contributed by atoms with E-state index in [1.807, 2.05) is 0 Å². The molecule has 0 bridgehead atoms. The Hall–Kier alpha value is -1.32. The second-order valence-corrected chi connectivity index (χ2v) is 4.80. The van der Waals surface area contributed by atoms with Crippen molar-refractivity contribution >= 4 is 46.9 Å². The summed E-state index contributed by atoms with van der Waals surface area (Å²) in [7, 11) is 0. The summed E-state index contributed by atoms with van der Waals surface area (Å²) in [5.74, 6) is -2.31. The van der Waals surface area contributed by atoms with Gasteiger partial charge in [-0.05, 0) is 0 Å². The van der Waals surface area contributed by atoms with E-state index in [9.17, 15) is 14.4 Å². The summed E-state index contributed by atoms with van der Waals surface area (Å²) in [5, 5.41) is 7.13. The highest BCUT2D eigenvalue weighted by Gasteiger charge is 2.30. The number of rotatable bonds is 5. The van der Waals surface area contributed by atoms with Crippen molar-refractivity contribution in [2.45, 2.75) is 12.5 Å². The lowest BCUT2D eigenvalue weighted by Crippen LogP contribution is -2.26. The molecule has 1 aliphatic rings. The van der Waals surface area contributed by atoms with Crippen LogP contribution in [0.25, 0.3) is 0 Å². The van der Waals surface area contributed by atoms with Crippen molar-refractivity contribution in [1.29, 1.82) is 5.41 Å². The van der Waals surface area contributed by atoms with Crippen LogP contribution in [0, 0.1) is 5.41 Å². The van der Waals surface area contributed by atoms with Crippen molar-refractivity contribution < 1.29 is 28.6 Å². The van der Waals surface area contributed by atoms with Crippen LogP contribution in [0.1, 0.15) is 6.42 Å². The van der Waals surface area contributed by atoms with Gasteiger partial charge in [-0.25, -0.2) is 14.4 Å². The molecular formula is C9H10INO6. The van der Waals surface area contributed by atoms with Crippen LogP contribution in [-0.2, 0) is 28.6 Å². The maximum absolute atomic E-state index is 11.2. The van der Waals surface area contributed by atoms with Gasteiger partial charge in [0.15, 0.2) is 10.3 Å². The third kappa shape index (κ3) is 4.21. The van der Waals surface area contributed by atoms with E-state index in [0.29, 0.717) is 6.42 Å². The van der Waals surface area contributed by atoms with Gasteiger partial charge in [0.25, 0.3) is 0 Å². The van der Waals surface area contributed by atoms with Gasteiger partial charge < -0.3 is 14.2 Å².